The van der Waals surface area contributed by atoms with Gasteiger partial charge in [0.15, 0.2) is 0 Å². The van der Waals surface area contributed by atoms with Gasteiger partial charge < -0.3 is 10.1 Å². The second-order valence-electron chi connectivity index (χ2n) is 3.48. The first-order valence-corrected chi connectivity index (χ1v) is 5.38. The standard InChI is InChI=1S/C10H20N4O/c1-4-5-10-9(8-11-2)12-13-14(10)6-7-15-3/h11H,4-8H2,1-3H3. The first-order chi connectivity index (χ1) is 7.33. The van der Waals surface area contributed by atoms with Gasteiger partial charge in [-0.25, -0.2) is 4.68 Å². The average molecular weight is 212 g/mol. The van der Waals surface area contributed by atoms with E-state index in [2.05, 4.69) is 22.6 Å². The third-order valence-corrected chi connectivity index (χ3v) is 2.26. The highest BCUT2D eigenvalue weighted by atomic mass is 16.5. The molecule has 0 aliphatic rings. The summed E-state index contributed by atoms with van der Waals surface area (Å²) >= 11 is 0. The quantitative estimate of drug-likeness (QED) is 0.719. The Hall–Kier alpha value is -0.940. The molecule has 0 spiro atoms. The second kappa shape index (κ2) is 6.53. The molecule has 0 aliphatic heterocycles. The van der Waals surface area contributed by atoms with Crippen molar-refractivity contribution in [3.63, 3.8) is 0 Å². The molecule has 0 bridgehead atoms. The number of nitrogens with zero attached hydrogens (tertiary/aromatic N) is 3. The van der Waals surface area contributed by atoms with Gasteiger partial charge in [-0.1, -0.05) is 18.6 Å². The highest BCUT2D eigenvalue weighted by molar-refractivity contribution is 5.10. The minimum atomic E-state index is 0.680. The molecule has 1 N–H and O–H groups in total. The second-order valence-corrected chi connectivity index (χ2v) is 3.48. The van der Waals surface area contributed by atoms with Crippen molar-refractivity contribution in [1.82, 2.24) is 20.3 Å². The Bertz CT molecular complexity index is 285. The average Bonchev–Trinajstić information content (AvgIpc) is 2.60. The summed E-state index contributed by atoms with van der Waals surface area (Å²) in [5.74, 6) is 0. The van der Waals surface area contributed by atoms with Crippen molar-refractivity contribution in [2.24, 2.45) is 0 Å². The van der Waals surface area contributed by atoms with Crippen LogP contribution in [0.25, 0.3) is 0 Å². The zero-order valence-corrected chi connectivity index (χ0v) is 9.79. The van der Waals surface area contributed by atoms with Crippen molar-refractivity contribution < 1.29 is 4.74 Å². The van der Waals surface area contributed by atoms with E-state index in [0.29, 0.717) is 6.61 Å². The Morgan fingerprint density at radius 3 is 2.87 bits per heavy atom. The molecule has 0 aliphatic carbocycles. The van der Waals surface area contributed by atoms with Gasteiger partial charge in [0.05, 0.1) is 24.5 Å². The van der Waals surface area contributed by atoms with Gasteiger partial charge in [0.2, 0.25) is 0 Å². The fourth-order valence-electron chi connectivity index (χ4n) is 1.54. The van der Waals surface area contributed by atoms with E-state index in [4.69, 9.17) is 4.74 Å². The van der Waals surface area contributed by atoms with Crippen molar-refractivity contribution in [3.05, 3.63) is 11.4 Å². The molecule has 1 heterocycles. The summed E-state index contributed by atoms with van der Waals surface area (Å²) in [5.41, 5.74) is 2.28. The summed E-state index contributed by atoms with van der Waals surface area (Å²) in [6, 6.07) is 0. The molecule has 0 unspecified atom stereocenters. The highest BCUT2D eigenvalue weighted by Gasteiger charge is 2.10. The first kappa shape index (κ1) is 12.1. The topological polar surface area (TPSA) is 52.0 Å². The van der Waals surface area contributed by atoms with Gasteiger partial charge in [-0.15, -0.1) is 5.10 Å². The van der Waals surface area contributed by atoms with Crippen molar-refractivity contribution in [2.45, 2.75) is 32.9 Å². The van der Waals surface area contributed by atoms with Crippen LogP contribution in [0.3, 0.4) is 0 Å². The Kier molecular flexibility index (Phi) is 5.28. The summed E-state index contributed by atoms with van der Waals surface area (Å²) < 4.78 is 6.99. The molecular formula is C10H20N4O. The van der Waals surface area contributed by atoms with E-state index in [1.54, 1.807) is 7.11 Å². The van der Waals surface area contributed by atoms with Crippen LogP contribution in [0.2, 0.25) is 0 Å². The lowest BCUT2D eigenvalue weighted by atomic mass is 10.2. The maximum Gasteiger partial charge on any atom is 0.0996 e. The van der Waals surface area contributed by atoms with Gasteiger partial charge in [0.1, 0.15) is 0 Å². The van der Waals surface area contributed by atoms with E-state index in [0.717, 1.165) is 31.6 Å². The number of ether oxygens (including phenoxy) is 1. The maximum atomic E-state index is 5.04. The number of aromatic nitrogens is 3. The molecular weight excluding hydrogens is 192 g/mol. The number of hydrogen-bond donors (Lipinski definition) is 1. The molecule has 5 heteroatoms. The highest BCUT2D eigenvalue weighted by Crippen LogP contribution is 2.08. The molecule has 1 rings (SSSR count). The Balaban J connectivity index is 2.75. The number of methoxy groups -OCH3 is 1. The summed E-state index contributed by atoms with van der Waals surface area (Å²) in [7, 11) is 3.62. The normalized spacial score (nSPS) is 10.9. The molecule has 0 radical (unpaired) electrons. The Morgan fingerprint density at radius 1 is 1.47 bits per heavy atom. The fourth-order valence-corrected chi connectivity index (χ4v) is 1.54. The minimum Gasteiger partial charge on any atom is -0.383 e. The van der Waals surface area contributed by atoms with Crippen molar-refractivity contribution in [3.8, 4) is 0 Å². The van der Waals surface area contributed by atoms with E-state index in [9.17, 15) is 0 Å². The van der Waals surface area contributed by atoms with Crippen LogP contribution < -0.4 is 5.32 Å². The molecule has 86 valence electrons. The van der Waals surface area contributed by atoms with Gasteiger partial charge in [-0.05, 0) is 13.5 Å². The van der Waals surface area contributed by atoms with Crippen LogP contribution in [0.4, 0.5) is 0 Å². The van der Waals surface area contributed by atoms with E-state index in [1.807, 2.05) is 11.7 Å². The monoisotopic (exact) mass is 212 g/mol. The van der Waals surface area contributed by atoms with Crippen LogP contribution in [-0.2, 0) is 24.2 Å². The molecule has 1 aromatic rings. The van der Waals surface area contributed by atoms with Crippen LogP contribution in [0, 0.1) is 0 Å². The van der Waals surface area contributed by atoms with Crippen LogP contribution in [-0.4, -0.2) is 35.8 Å². The Labute approximate surface area is 90.8 Å². The number of hydrogen-bond acceptors (Lipinski definition) is 4. The van der Waals surface area contributed by atoms with Crippen LogP contribution >= 0.6 is 0 Å². The first-order valence-electron chi connectivity index (χ1n) is 5.38. The number of rotatable bonds is 7. The van der Waals surface area contributed by atoms with Crippen LogP contribution in [0.15, 0.2) is 0 Å². The third-order valence-electron chi connectivity index (χ3n) is 2.26. The van der Waals surface area contributed by atoms with E-state index in [1.165, 1.54) is 5.69 Å². The third kappa shape index (κ3) is 3.28. The lowest BCUT2D eigenvalue weighted by Crippen LogP contribution is -2.12. The predicted molar refractivity (Wildman–Crippen MR) is 58.7 cm³/mol. The molecule has 1 aromatic heterocycles. The molecule has 0 amide bonds. The van der Waals surface area contributed by atoms with Crippen molar-refractivity contribution >= 4 is 0 Å². The van der Waals surface area contributed by atoms with E-state index >= 15 is 0 Å². The molecule has 0 aromatic carbocycles. The zero-order chi connectivity index (χ0) is 11.1. The van der Waals surface area contributed by atoms with Gasteiger partial charge in [0, 0.05) is 13.7 Å². The predicted octanol–water partition coefficient (Wildman–Crippen LogP) is 0.596. The van der Waals surface area contributed by atoms with Gasteiger partial charge >= 0.3 is 0 Å². The molecule has 0 saturated carbocycles. The van der Waals surface area contributed by atoms with Crippen molar-refractivity contribution in [1.29, 1.82) is 0 Å². The summed E-state index contributed by atoms with van der Waals surface area (Å²) in [6.45, 7) is 4.40. The SMILES string of the molecule is CCCc1c(CNC)nnn1CCOC. The summed E-state index contributed by atoms with van der Waals surface area (Å²) in [5, 5.41) is 11.4. The van der Waals surface area contributed by atoms with Gasteiger partial charge in [-0.2, -0.15) is 0 Å². The summed E-state index contributed by atoms with van der Waals surface area (Å²) in [4.78, 5) is 0. The smallest absolute Gasteiger partial charge is 0.0996 e. The van der Waals surface area contributed by atoms with Crippen molar-refractivity contribution in [2.75, 3.05) is 20.8 Å². The van der Waals surface area contributed by atoms with Gasteiger partial charge in [-0.3, -0.25) is 0 Å². The molecule has 15 heavy (non-hydrogen) atoms. The lowest BCUT2D eigenvalue weighted by Gasteiger charge is -2.06. The molecule has 5 nitrogen and oxygen atoms in total. The fraction of sp³-hybridized carbons (Fsp3) is 0.800. The van der Waals surface area contributed by atoms with Crippen LogP contribution in [0.1, 0.15) is 24.7 Å². The molecule has 0 atom stereocenters. The zero-order valence-electron chi connectivity index (χ0n) is 9.79. The van der Waals surface area contributed by atoms with Gasteiger partial charge in [0.25, 0.3) is 0 Å². The molecule has 0 fully saturated rings. The Morgan fingerprint density at radius 2 is 2.27 bits per heavy atom. The van der Waals surface area contributed by atoms with Crippen LogP contribution in [0.5, 0.6) is 0 Å². The largest absolute Gasteiger partial charge is 0.383 e. The lowest BCUT2D eigenvalue weighted by molar-refractivity contribution is 0.181. The molecule has 0 saturated heterocycles. The minimum absolute atomic E-state index is 0.680. The maximum absolute atomic E-state index is 5.04. The van der Waals surface area contributed by atoms with E-state index in [-0.39, 0.29) is 0 Å². The van der Waals surface area contributed by atoms with E-state index < -0.39 is 0 Å². The number of nitrogens with one attached hydrogen (secondary N) is 1. The summed E-state index contributed by atoms with van der Waals surface area (Å²) in [6.07, 6.45) is 2.13.